The first kappa shape index (κ1) is 18.0. The molecule has 1 saturated heterocycles. The third kappa shape index (κ3) is 4.30. The number of piperidine rings is 1. The van der Waals surface area contributed by atoms with Gasteiger partial charge in [0.15, 0.2) is 0 Å². The van der Waals surface area contributed by atoms with E-state index in [0.29, 0.717) is 36.9 Å². The number of carbonyl (C=O) groups excluding carboxylic acids is 1. The van der Waals surface area contributed by atoms with Crippen molar-refractivity contribution in [2.75, 3.05) is 19.6 Å². The van der Waals surface area contributed by atoms with E-state index >= 15 is 0 Å². The molecule has 1 aliphatic heterocycles. The summed E-state index contributed by atoms with van der Waals surface area (Å²) in [6, 6.07) is 7.35. The van der Waals surface area contributed by atoms with Crippen LogP contribution in [-0.2, 0) is 6.42 Å². The minimum Gasteiger partial charge on any atom is -0.339 e. The van der Waals surface area contributed by atoms with Gasteiger partial charge in [-0.2, -0.15) is 4.98 Å². The largest absolute Gasteiger partial charge is 0.339 e. The molecular formula is C19H21N7O2. The van der Waals surface area contributed by atoms with E-state index in [1.54, 1.807) is 18.7 Å². The summed E-state index contributed by atoms with van der Waals surface area (Å²) in [6.07, 6.45) is 7.43. The molecule has 1 atom stereocenters. The molecule has 4 rings (SSSR count). The summed E-state index contributed by atoms with van der Waals surface area (Å²) in [5.74, 6) is 1.17. The molecule has 3 aromatic rings. The average Bonchev–Trinajstić information content (AvgIpc) is 3.24. The average molecular weight is 379 g/mol. The van der Waals surface area contributed by atoms with E-state index in [4.69, 9.17) is 4.52 Å². The summed E-state index contributed by atoms with van der Waals surface area (Å²) in [5.41, 5.74) is 1.64. The zero-order chi connectivity index (χ0) is 19.2. The van der Waals surface area contributed by atoms with Crippen LogP contribution in [0.3, 0.4) is 0 Å². The Kier molecular flexibility index (Phi) is 5.51. The monoisotopic (exact) mass is 379 g/mol. The third-order valence-electron chi connectivity index (χ3n) is 4.71. The van der Waals surface area contributed by atoms with Gasteiger partial charge in [-0.3, -0.25) is 4.98 Å². The second-order valence-electron chi connectivity index (χ2n) is 6.63. The molecular weight excluding hydrogens is 358 g/mol. The Hall–Kier alpha value is -3.36. The number of pyridine rings is 1. The Morgan fingerprint density at radius 2 is 2.21 bits per heavy atom. The van der Waals surface area contributed by atoms with Crippen LogP contribution in [-0.4, -0.2) is 55.7 Å². The molecule has 1 N–H and O–H groups in total. The van der Waals surface area contributed by atoms with Gasteiger partial charge in [0.05, 0.1) is 0 Å². The smallest absolute Gasteiger partial charge is 0.317 e. The number of carbonyl (C=O) groups is 1. The van der Waals surface area contributed by atoms with Crippen molar-refractivity contribution in [2.24, 2.45) is 0 Å². The maximum absolute atomic E-state index is 12.5. The fourth-order valence-corrected chi connectivity index (χ4v) is 3.29. The summed E-state index contributed by atoms with van der Waals surface area (Å²) >= 11 is 0. The summed E-state index contributed by atoms with van der Waals surface area (Å²) < 4.78 is 5.24. The summed E-state index contributed by atoms with van der Waals surface area (Å²) in [5, 5.41) is 6.87. The number of aromatic nitrogens is 5. The van der Waals surface area contributed by atoms with Crippen molar-refractivity contribution in [3.05, 3.63) is 54.6 Å². The standard InChI is InChI=1S/C19H21N7O2/c27-19(26-11-3-4-14(12-26)15-6-9-20-13-23-15)22-10-7-17-24-18(25-28-17)16-5-1-2-8-21-16/h1-2,5-6,8-9,13-14H,3-4,7,10-12H2,(H,22,27)/t14-/m0/s1. The van der Waals surface area contributed by atoms with Crippen molar-refractivity contribution >= 4 is 6.03 Å². The van der Waals surface area contributed by atoms with E-state index in [1.807, 2.05) is 29.2 Å². The molecule has 144 valence electrons. The van der Waals surface area contributed by atoms with Crippen molar-refractivity contribution in [2.45, 2.75) is 25.2 Å². The molecule has 9 heteroatoms. The number of hydrogen-bond acceptors (Lipinski definition) is 7. The highest BCUT2D eigenvalue weighted by atomic mass is 16.5. The molecule has 28 heavy (non-hydrogen) atoms. The zero-order valence-electron chi connectivity index (χ0n) is 15.4. The van der Waals surface area contributed by atoms with Gasteiger partial charge in [0, 0.05) is 50.1 Å². The normalized spacial score (nSPS) is 16.7. The molecule has 1 aliphatic rings. The lowest BCUT2D eigenvalue weighted by Crippen LogP contribution is -2.45. The summed E-state index contributed by atoms with van der Waals surface area (Å²) in [7, 11) is 0. The van der Waals surface area contributed by atoms with Crippen molar-refractivity contribution in [1.82, 2.24) is 35.3 Å². The first-order valence-corrected chi connectivity index (χ1v) is 9.32. The number of nitrogens with one attached hydrogen (secondary N) is 1. The Labute approximate surface area is 162 Å². The van der Waals surface area contributed by atoms with E-state index in [2.05, 4.69) is 30.4 Å². The van der Waals surface area contributed by atoms with Gasteiger partial charge < -0.3 is 14.7 Å². The van der Waals surface area contributed by atoms with Gasteiger partial charge in [-0.25, -0.2) is 14.8 Å². The molecule has 0 saturated carbocycles. The summed E-state index contributed by atoms with van der Waals surface area (Å²) in [6.45, 7) is 1.84. The van der Waals surface area contributed by atoms with Crippen LogP contribution in [0.5, 0.6) is 0 Å². The first-order chi connectivity index (χ1) is 13.8. The van der Waals surface area contributed by atoms with Gasteiger partial charge in [-0.1, -0.05) is 11.2 Å². The van der Waals surface area contributed by atoms with Crippen LogP contribution in [0, 0.1) is 0 Å². The molecule has 0 spiro atoms. The lowest BCUT2D eigenvalue weighted by atomic mass is 9.95. The van der Waals surface area contributed by atoms with Gasteiger partial charge in [-0.05, 0) is 31.0 Å². The Morgan fingerprint density at radius 3 is 3.04 bits per heavy atom. The van der Waals surface area contributed by atoms with Crippen LogP contribution < -0.4 is 5.32 Å². The Balaban J connectivity index is 1.27. The molecule has 0 bridgehead atoms. The van der Waals surface area contributed by atoms with Crippen LogP contribution in [0.4, 0.5) is 4.79 Å². The number of urea groups is 1. The minimum absolute atomic E-state index is 0.0804. The predicted octanol–water partition coefficient (Wildman–Crippen LogP) is 2.05. The van der Waals surface area contributed by atoms with Crippen molar-refractivity contribution in [3.8, 4) is 11.5 Å². The Morgan fingerprint density at radius 1 is 1.25 bits per heavy atom. The van der Waals surface area contributed by atoms with E-state index < -0.39 is 0 Å². The molecule has 2 amide bonds. The molecule has 1 fully saturated rings. The quantitative estimate of drug-likeness (QED) is 0.722. The molecule has 0 unspecified atom stereocenters. The number of likely N-dealkylation sites (tertiary alicyclic amines) is 1. The highest BCUT2D eigenvalue weighted by molar-refractivity contribution is 5.74. The molecule has 4 heterocycles. The highest BCUT2D eigenvalue weighted by Gasteiger charge is 2.25. The van der Waals surface area contributed by atoms with Gasteiger partial charge >= 0.3 is 6.03 Å². The Bertz CT molecular complexity index is 901. The van der Waals surface area contributed by atoms with Crippen molar-refractivity contribution in [1.29, 1.82) is 0 Å². The van der Waals surface area contributed by atoms with Gasteiger partial charge in [0.1, 0.15) is 12.0 Å². The molecule has 0 aliphatic carbocycles. The van der Waals surface area contributed by atoms with Gasteiger partial charge in [-0.15, -0.1) is 0 Å². The topological polar surface area (TPSA) is 110 Å². The number of hydrogen-bond donors (Lipinski definition) is 1. The molecule has 0 aromatic carbocycles. The van der Waals surface area contributed by atoms with E-state index in [1.165, 1.54) is 0 Å². The van der Waals surface area contributed by atoms with Crippen LogP contribution in [0.25, 0.3) is 11.5 Å². The predicted molar refractivity (Wildman–Crippen MR) is 100 cm³/mol. The van der Waals surface area contributed by atoms with Crippen LogP contribution >= 0.6 is 0 Å². The molecule has 0 radical (unpaired) electrons. The fraction of sp³-hybridized carbons (Fsp3) is 0.368. The third-order valence-corrected chi connectivity index (χ3v) is 4.71. The van der Waals surface area contributed by atoms with Crippen LogP contribution in [0.2, 0.25) is 0 Å². The summed E-state index contributed by atoms with van der Waals surface area (Å²) in [4.78, 5) is 31.1. The van der Waals surface area contributed by atoms with Crippen LogP contribution in [0.15, 0.2) is 47.5 Å². The number of nitrogens with zero attached hydrogens (tertiary/aromatic N) is 6. The second kappa shape index (κ2) is 8.55. The van der Waals surface area contributed by atoms with Gasteiger partial charge in [0.25, 0.3) is 0 Å². The molecule has 3 aromatic heterocycles. The zero-order valence-corrected chi connectivity index (χ0v) is 15.4. The minimum atomic E-state index is -0.0804. The highest BCUT2D eigenvalue weighted by Crippen LogP contribution is 2.24. The lowest BCUT2D eigenvalue weighted by Gasteiger charge is -2.32. The molecule has 9 nitrogen and oxygen atoms in total. The second-order valence-corrected chi connectivity index (χ2v) is 6.63. The lowest BCUT2D eigenvalue weighted by molar-refractivity contribution is 0.179. The van der Waals surface area contributed by atoms with E-state index in [0.717, 1.165) is 25.1 Å². The fourth-order valence-electron chi connectivity index (χ4n) is 3.29. The SMILES string of the molecule is O=C(NCCc1nc(-c2ccccn2)no1)N1CCC[C@H](c2ccncn2)C1. The number of amides is 2. The number of rotatable bonds is 5. The van der Waals surface area contributed by atoms with E-state index in [-0.39, 0.29) is 11.9 Å². The van der Waals surface area contributed by atoms with Crippen molar-refractivity contribution < 1.29 is 9.32 Å². The first-order valence-electron chi connectivity index (χ1n) is 9.32. The van der Waals surface area contributed by atoms with Crippen LogP contribution in [0.1, 0.15) is 30.3 Å². The van der Waals surface area contributed by atoms with E-state index in [9.17, 15) is 4.79 Å². The maximum atomic E-state index is 12.5. The van der Waals surface area contributed by atoms with Gasteiger partial charge in [0.2, 0.25) is 11.7 Å². The maximum Gasteiger partial charge on any atom is 0.317 e. The van der Waals surface area contributed by atoms with Crippen molar-refractivity contribution in [3.63, 3.8) is 0 Å².